The van der Waals surface area contributed by atoms with Crippen molar-refractivity contribution in [2.24, 2.45) is 17.8 Å². The first kappa shape index (κ1) is 21.4. The second-order valence-electron chi connectivity index (χ2n) is 9.05. The first-order valence-corrected chi connectivity index (χ1v) is 11.2. The van der Waals surface area contributed by atoms with Crippen LogP contribution in [-0.2, 0) is 19.2 Å². The van der Waals surface area contributed by atoms with Gasteiger partial charge in [-0.05, 0) is 44.7 Å². The zero-order valence-electron chi connectivity index (χ0n) is 18.8. The van der Waals surface area contributed by atoms with Crippen molar-refractivity contribution in [3.63, 3.8) is 0 Å². The predicted molar refractivity (Wildman–Crippen MR) is 118 cm³/mol. The average molecular weight is 447 g/mol. The lowest BCUT2D eigenvalue weighted by Gasteiger charge is -2.42. The van der Waals surface area contributed by atoms with Crippen LogP contribution in [-0.4, -0.2) is 47.0 Å². The van der Waals surface area contributed by atoms with Gasteiger partial charge in [-0.1, -0.05) is 23.8 Å². The molecule has 0 aromatic heterocycles. The number of ketones is 2. The SMILES string of the molecule is CCN1C(=O)C2CC=C3C(c4cccc(OC)c4O)C4=C(CC3C2C1=O)C(=O)C(C)=CC4=O. The van der Waals surface area contributed by atoms with Gasteiger partial charge >= 0.3 is 0 Å². The maximum atomic E-state index is 13.2. The molecule has 1 saturated heterocycles. The molecule has 3 aliphatic carbocycles. The molecule has 1 heterocycles. The summed E-state index contributed by atoms with van der Waals surface area (Å²) >= 11 is 0. The van der Waals surface area contributed by atoms with E-state index in [0.717, 1.165) is 5.57 Å². The van der Waals surface area contributed by atoms with E-state index in [1.54, 1.807) is 32.0 Å². The fraction of sp³-hybridized carbons (Fsp3) is 0.385. The van der Waals surface area contributed by atoms with Crippen LogP contribution >= 0.6 is 0 Å². The Labute approximate surface area is 191 Å². The number of allylic oxidation sites excluding steroid dienone is 6. The second-order valence-corrected chi connectivity index (χ2v) is 9.05. The molecule has 0 saturated carbocycles. The van der Waals surface area contributed by atoms with Crippen molar-refractivity contribution in [1.82, 2.24) is 4.90 Å². The van der Waals surface area contributed by atoms with Crippen LogP contribution in [0.1, 0.15) is 38.2 Å². The number of phenols is 1. The van der Waals surface area contributed by atoms with E-state index in [0.29, 0.717) is 35.2 Å². The third kappa shape index (κ3) is 2.88. The molecule has 7 heteroatoms. The van der Waals surface area contributed by atoms with Crippen molar-refractivity contribution in [1.29, 1.82) is 0 Å². The van der Waals surface area contributed by atoms with Crippen LogP contribution in [0.2, 0.25) is 0 Å². The Hall–Kier alpha value is -3.48. The molecule has 1 aromatic carbocycles. The lowest BCUT2D eigenvalue weighted by atomic mass is 9.59. The van der Waals surface area contributed by atoms with Gasteiger partial charge in [-0.2, -0.15) is 0 Å². The number of hydrogen-bond acceptors (Lipinski definition) is 6. The topological polar surface area (TPSA) is 101 Å². The lowest BCUT2D eigenvalue weighted by Crippen LogP contribution is -2.39. The summed E-state index contributed by atoms with van der Waals surface area (Å²) < 4.78 is 5.29. The number of methoxy groups -OCH3 is 1. The molecule has 4 aliphatic rings. The van der Waals surface area contributed by atoms with Crippen molar-refractivity contribution < 1.29 is 29.0 Å². The van der Waals surface area contributed by atoms with Gasteiger partial charge in [0, 0.05) is 34.7 Å². The summed E-state index contributed by atoms with van der Waals surface area (Å²) in [5.41, 5.74) is 2.35. The van der Waals surface area contributed by atoms with Crippen LogP contribution in [0.5, 0.6) is 11.5 Å². The highest BCUT2D eigenvalue weighted by Crippen LogP contribution is 2.56. The first-order valence-electron chi connectivity index (χ1n) is 11.2. The highest BCUT2D eigenvalue weighted by atomic mass is 16.5. The number of rotatable bonds is 3. The van der Waals surface area contributed by atoms with Crippen molar-refractivity contribution in [2.75, 3.05) is 13.7 Å². The molecular weight excluding hydrogens is 422 g/mol. The minimum atomic E-state index is -0.686. The molecule has 7 nitrogen and oxygen atoms in total. The maximum absolute atomic E-state index is 13.2. The van der Waals surface area contributed by atoms with Crippen LogP contribution in [0.25, 0.3) is 0 Å². The Morgan fingerprint density at radius 1 is 1.12 bits per heavy atom. The van der Waals surface area contributed by atoms with Crippen molar-refractivity contribution in [3.8, 4) is 11.5 Å². The summed E-state index contributed by atoms with van der Waals surface area (Å²) in [5.74, 6) is -2.83. The molecule has 33 heavy (non-hydrogen) atoms. The summed E-state index contributed by atoms with van der Waals surface area (Å²) in [5, 5.41) is 11.0. The molecule has 1 aliphatic heterocycles. The van der Waals surface area contributed by atoms with E-state index in [1.807, 2.05) is 6.08 Å². The molecule has 0 radical (unpaired) electrons. The molecule has 2 amide bonds. The molecular formula is C26H25NO6. The summed E-state index contributed by atoms with van der Waals surface area (Å²) in [6.07, 6.45) is 3.90. The van der Waals surface area contributed by atoms with E-state index in [2.05, 4.69) is 0 Å². The van der Waals surface area contributed by atoms with Crippen LogP contribution in [0.4, 0.5) is 0 Å². The average Bonchev–Trinajstić information content (AvgIpc) is 3.06. The number of carbonyl (C=O) groups excluding carboxylic acids is 4. The van der Waals surface area contributed by atoms with Gasteiger partial charge in [-0.3, -0.25) is 24.1 Å². The van der Waals surface area contributed by atoms with Gasteiger partial charge in [0.1, 0.15) is 0 Å². The number of benzene rings is 1. The van der Waals surface area contributed by atoms with Gasteiger partial charge in [-0.15, -0.1) is 0 Å². The lowest BCUT2D eigenvalue weighted by molar-refractivity contribution is -0.139. The minimum Gasteiger partial charge on any atom is -0.504 e. The number of amides is 2. The number of carbonyl (C=O) groups is 4. The molecule has 1 N–H and O–H groups in total. The second kappa shape index (κ2) is 7.54. The Morgan fingerprint density at radius 3 is 2.58 bits per heavy atom. The number of nitrogens with zero attached hydrogens (tertiary/aromatic N) is 1. The molecule has 4 unspecified atom stereocenters. The quantitative estimate of drug-likeness (QED) is 0.434. The maximum Gasteiger partial charge on any atom is 0.233 e. The number of likely N-dealkylation sites (tertiary alicyclic amines) is 1. The highest BCUT2D eigenvalue weighted by molar-refractivity contribution is 6.23. The third-order valence-electron chi connectivity index (χ3n) is 7.53. The Kier molecular flexibility index (Phi) is 4.88. The van der Waals surface area contributed by atoms with Gasteiger partial charge in [0.05, 0.1) is 18.9 Å². The zero-order valence-corrected chi connectivity index (χ0v) is 18.8. The van der Waals surface area contributed by atoms with E-state index in [4.69, 9.17) is 4.74 Å². The molecule has 170 valence electrons. The van der Waals surface area contributed by atoms with E-state index in [1.165, 1.54) is 18.1 Å². The van der Waals surface area contributed by atoms with Crippen molar-refractivity contribution >= 4 is 23.4 Å². The summed E-state index contributed by atoms with van der Waals surface area (Å²) in [6.45, 7) is 3.69. The highest BCUT2D eigenvalue weighted by Gasteiger charge is 2.56. The summed E-state index contributed by atoms with van der Waals surface area (Å²) in [6, 6.07) is 5.06. The van der Waals surface area contributed by atoms with Gasteiger partial charge in [0.15, 0.2) is 23.1 Å². The molecule has 1 aromatic rings. The van der Waals surface area contributed by atoms with Crippen LogP contribution in [0.15, 0.2) is 52.6 Å². The van der Waals surface area contributed by atoms with E-state index in [-0.39, 0.29) is 41.3 Å². The Morgan fingerprint density at radius 2 is 1.88 bits per heavy atom. The van der Waals surface area contributed by atoms with Crippen molar-refractivity contribution in [3.05, 3.63) is 58.2 Å². The predicted octanol–water partition coefficient (Wildman–Crippen LogP) is 2.85. The number of para-hydroxylation sites is 1. The monoisotopic (exact) mass is 447 g/mol. The molecule has 4 atom stereocenters. The summed E-state index contributed by atoms with van der Waals surface area (Å²) in [4.78, 5) is 53.8. The first-order chi connectivity index (χ1) is 15.8. The fourth-order valence-electron chi connectivity index (χ4n) is 6.05. The molecule has 0 bridgehead atoms. The van der Waals surface area contributed by atoms with Crippen molar-refractivity contribution in [2.45, 2.75) is 32.6 Å². The number of Topliss-reactive ketones (excluding diaryl/α,β-unsaturated/α-hetero) is 1. The number of hydrogen-bond donors (Lipinski definition) is 1. The number of fused-ring (bicyclic) bond motifs is 3. The van der Waals surface area contributed by atoms with Crippen LogP contribution in [0.3, 0.4) is 0 Å². The molecule has 0 spiro atoms. The Balaban J connectivity index is 1.73. The Bertz CT molecular complexity index is 1220. The third-order valence-corrected chi connectivity index (χ3v) is 7.53. The molecule has 1 fully saturated rings. The largest absolute Gasteiger partial charge is 0.504 e. The number of ether oxygens (including phenoxy) is 1. The van der Waals surface area contributed by atoms with Gasteiger partial charge in [-0.25, -0.2) is 0 Å². The normalized spacial score (nSPS) is 28.9. The smallest absolute Gasteiger partial charge is 0.233 e. The number of aromatic hydroxyl groups is 1. The van der Waals surface area contributed by atoms with E-state index in [9.17, 15) is 24.3 Å². The fourth-order valence-corrected chi connectivity index (χ4v) is 6.05. The standard InChI is InChI=1S/C26H25NO6/c1-4-27-25(31)15-9-8-13-16(21(15)26(27)32)11-17-22(18(28)10-12(2)23(17)29)20(13)14-6-5-7-19(33-3)24(14)30/h5-8,10,15-16,20-21,30H,4,9,11H2,1-3H3. The molecule has 5 rings (SSSR count). The van der Waals surface area contributed by atoms with Gasteiger partial charge in [0.25, 0.3) is 0 Å². The van der Waals surface area contributed by atoms with E-state index >= 15 is 0 Å². The summed E-state index contributed by atoms with van der Waals surface area (Å²) in [7, 11) is 1.45. The van der Waals surface area contributed by atoms with Gasteiger partial charge < -0.3 is 9.84 Å². The number of imide groups is 1. The van der Waals surface area contributed by atoms with Gasteiger partial charge in [0.2, 0.25) is 11.8 Å². The zero-order chi connectivity index (χ0) is 23.6. The van der Waals surface area contributed by atoms with Crippen LogP contribution in [0, 0.1) is 17.8 Å². The van der Waals surface area contributed by atoms with E-state index < -0.39 is 23.7 Å². The van der Waals surface area contributed by atoms with Crippen LogP contribution < -0.4 is 4.74 Å². The minimum absolute atomic E-state index is 0.101. The number of phenolic OH excluding ortho intramolecular Hbond substituents is 1.